The molecule has 1 aliphatic rings. The summed E-state index contributed by atoms with van der Waals surface area (Å²) in [5.74, 6) is -1.74. The van der Waals surface area contributed by atoms with Crippen LogP contribution in [0, 0.1) is 0 Å². The number of nitrogens with one attached hydrogen (secondary N) is 1. The maximum atomic E-state index is 12.4. The number of nitrogens with zero attached hydrogens (tertiary/aromatic N) is 1. The van der Waals surface area contributed by atoms with Gasteiger partial charge in [0.05, 0.1) is 0 Å². The van der Waals surface area contributed by atoms with Crippen molar-refractivity contribution in [1.82, 2.24) is 10.2 Å². The number of benzene rings is 1. The minimum Gasteiger partial charge on any atom is -0.332 e. The van der Waals surface area contributed by atoms with Crippen molar-refractivity contribution in [3.05, 3.63) is 35.9 Å². The van der Waals surface area contributed by atoms with Gasteiger partial charge in [0.25, 0.3) is 0 Å². The van der Waals surface area contributed by atoms with E-state index in [1.807, 2.05) is 30.3 Å². The highest BCUT2D eigenvalue weighted by molar-refractivity contribution is 5.82. The molecule has 2 rings (SSSR count). The third kappa shape index (κ3) is 3.70. The molecule has 1 N–H and O–H groups in total. The maximum Gasteiger partial charge on any atom is 0.471 e. The highest BCUT2D eigenvalue weighted by Crippen LogP contribution is 2.19. The molecule has 0 saturated carbocycles. The zero-order valence-corrected chi connectivity index (χ0v) is 10.3. The fraction of sp³-hybridized carbons (Fsp3) is 0.462. The topological polar surface area (TPSA) is 32.3 Å². The molecule has 0 spiro atoms. The van der Waals surface area contributed by atoms with E-state index in [1.54, 1.807) is 0 Å². The highest BCUT2D eigenvalue weighted by atomic mass is 19.4. The Morgan fingerprint density at radius 3 is 2.63 bits per heavy atom. The molecule has 104 valence electrons. The first-order chi connectivity index (χ1) is 8.97. The molecule has 6 heteroatoms. The van der Waals surface area contributed by atoms with E-state index in [4.69, 9.17) is 0 Å². The first-order valence-electron chi connectivity index (χ1n) is 6.10. The Hall–Kier alpha value is -1.56. The molecule has 0 bridgehead atoms. The lowest BCUT2D eigenvalue weighted by Crippen LogP contribution is -2.56. The van der Waals surface area contributed by atoms with Crippen LogP contribution >= 0.6 is 0 Å². The van der Waals surface area contributed by atoms with Crippen molar-refractivity contribution >= 4 is 5.91 Å². The van der Waals surface area contributed by atoms with Gasteiger partial charge in [-0.2, -0.15) is 13.2 Å². The number of hydrogen-bond acceptors (Lipinski definition) is 2. The first kappa shape index (κ1) is 13.9. The third-order valence-electron chi connectivity index (χ3n) is 3.11. The van der Waals surface area contributed by atoms with Crippen LogP contribution < -0.4 is 5.32 Å². The monoisotopic (exact) mass is 272 g/mol. The maximum absolute atomic E-state index is 12.4. The molecular formula is C13H15F3N2O. The summed E-state index contributed by atoms with van der Waals surface area (Å²) in [6, 6.07) is 9.37. The molecule has 0 radical (unpaired) electrons. The summed E-state index contributed by atoms with van der Waals surface area (Å²) in [5.41, 5.74) is 1.04. The number of alkyl halides is 3. The van der Waals surface area contributed by atoms with Crippen molar-refractivity contribution in [1.29, 1.82) is 0 Å². The van der Waals surface area contributed by atoms with Gasteiger partial charge in [0.2, 0.25) is 0 Å². The van der Waals surface area contributed by atoms with Gasteiger partial charge in [0.15, 0.2) is 0 Å². The number of amides is 1. The first-order valence-corrected chi connectivity index (χ1v) is 6.10. The van der Waals surface area contributed by atoms with Crippen molar-refractivity contribution in [2.75, 3.05) is 19.6 Å². The Kier molecular flexibility index (Phi) is 4.09. The Bertz CT molecular complexity index is 433. The van der Waals surface area contributed by atoms with Crippen molar-refractivity contribution in [3.8, 4) is 0 Å². The van der Waals surface area contributed by atoms with Gasteiger partial charge in [-0.25, -0.2) is 0 Å². The molecule has 1 amide bonds. The van der Waals surface area contributed by atoms with Crippen LogP contribution in [0.4, 0.5) is 13.2 Å². The van der Waals surface area contributed by atoms with E-state index in [9.17, 15) is 18.0 Å². The molecule has 1 aliphatic heterocycles. The minimum atomic E-state index is -4.78. The lowest BCUT2D eigenvalue weighted by molar-refractivity contribution is -0.186. The zero-order chi connectivity index (χ0) is 13.9. The van der Waals surface area contributed by atoms with Crippen LogP contribution in [0.3, 0.4) is 0 Å². The molecule has 1 atom stereocenters. The molecule has 1 heterocycles. The average Bonchev–Trinajstić information content (AvgIpc) is 2.38. The number of halogens is 3. The van der Waals surface area contributed by atoms with Crippen molar-refractivity contribution in [2.45, 2.75) is 18.6 Å². The Balaban J connectivity index is 1.96. The van der Waals surface area contributed by atoms with Gasteiger partial charge >= 0.3 is 12.1 Å². The second-order valence-corrected chi connectivity index (χ2v) is 4.59. The number of piperazine rings is 1. The van der Waals surface area contributed by atoms with Crippen LogP contribution in [0.5, 0.6) is 0 Å². The van der Waals surface area contributed by atoms with Gasteiger partial charge in [0, 0.05) is 25.7 Å². The lowest BCUT2D eigenvalue weighted by Gasteiger charge is -2.34. The molecule has 19 heavy (non-hydrogen) atoms. The number of rotatable bonds is 2. The average molecular weight is 272 g/mol. The minimum absolute atomic E-state index is 0.0905. The molecule has 1 aromatic rings. The SMILES string of the molecule is O=C(N1CCNC(Cc2ccccc2)C1)C(F)(F)F. The number of carbonyl (C=O) groups is 1. The summed E-state index contributed by atoms with van der Waals surface area (Å²) in [6.07, 6.45) is -4.17. The Labute approximate surface area is 109 Å². The molecule has 1 saturated heterocycles. The van der Waals surface area contributed by atoms with Gasteiger partial charge < -0.3 is 10.2 Å². The summed E-state index contributed by atoms with van der Waals surface area (Å²) in [5, 5.41) is 3.14. The Morgan fingerprint density at radius 1 is 1.32 bits per heavy atom. The van der Waals surface area contributed by atoms with Gasteiger partial charge in [0.1, 0.15) is 0 Å². The van der Waals surface area contributed by atoms with Crippen molar-refractivity contribution < 1.29 is 18.0 Å². The van der Waals surface area contributed by atoms with Gasteiger partial charge in [-0.05, 0) is 12.0 Å². The quantitative estimate of drug-likeness (QED) is 0.886. The standard InChI is InChI=1S/C13H15F3N2O/c14-13(15,16)12(19)18-7-6-17-11(9-18)8-10-4-2-1-3-5-10/h1-5,11,17H,6-9H2. The van der Waals surface area contributed by atoms with Gasteiger partial charge in [-0.3, -0.25) is 4.79 Å². The number of hydrogen-bond donors (Lipinski definition) is 1. The van der Waals surface area contributed by atoms with Gasteiger partial charge in [-0.15, -0.1) is 0 Å². The summed E-state index contributed by atoms with van der Waals surface area (Å²) in [7, 11) is 0. The molecular weight excluding hydrogens is 257 g/mol. The van der Waals surface area contributed by atoms with E-state index in [0.717, 1.165) is 10.5 Å². The second-order valence-electron chi connectivity index (χ2n) is 4.59. The fourth-order valence-electron chi connectivity index (χ4n) is 2.22. The summed E-state index contributed by atoms with van der Waals surface area (Å²) in [6.45, 7) is 0.580. The molecule has 0 aromatic heterocycles. The molecule has 1 unspecified atom stereocenters. The highest BCUT2D eigenvalue weighted by Gasteiger charge is 2.43. The summed E-state index contributed by atoms with van der Waals surface area (Å²) in [4.78, 5) is 12.1. The van der Waals surface area contributed by atoms with Crippen LogP contribution in [0.25, 0.3) is 0 Å². The largest absolute Gasteiger partial charge is 0.471 e. The van der Waals surface area contributed by atoms with Crippen LogP contribution in [0.2, 0.25) is 0 Å². The summed E-state index contributed by atoms with van der Waals surface area (Å²) < 4.78 is 37.1. The zero-order valence-electron chi connectivity index (χ0n) is 10.3. The predicted octanol–water partition coefficient (Wildman–Crippen LogP) is 1.59. The second kappa shape index (κ2) is 5.61. The van der Waals surface area contributed by atoms with E-state index in [-0.39, 0.29) is 19.1 Å². The van der Waals surface area contributed by atoms with E-state index in [2.05, 4.69) is 5.32 Å². The number of carbonyl (C=O) groups excluding carboxylic acids is 1. The molecule has 1 fully saturated rings. The van der Waals surface area contributed by atoms with E-state index < -0.39 is 12.1 Å². The predicted molar refractivity (Wildman–Crippen MR) is 64.6 cm³/mol. The smallest absolute Gasteiger partial charge is 0.332 e. The van der Waals surface area contributed by atoms with Gasteiger partial charge in [-0.1, -0.05) is 30.3 Å². The molecule has 3 nitrogen and oxygen atoms in total. The van der Waals surface area contributed by atoms with E-state index in [1.165, 1.54) is 0 Å². The van der Waals surface area contributed by atoms with Crippen LogP contribution in [0.15, 0.2) is 30.3 Å². The summed E-state index contributed by atoms with van der Waals surface area (Å²) >= 11 is 0. The van der Waals surface area contributed by atoms with Crippen LogP contribution in [-0.2, 0) is 11.2 Å². The third-order valence-corrected chi connectivity index (χ3v) is 3.11. The normalized spacial score (nSPS) is 20.4. The molecule has 1 aromatic carbocycles. The molecule has 0 aliphatic carbocycles. The fourth-order valence-corrected chi connectivity index (χ4v) is 2.22. The van der Waals surface area contributed by atoms with E-state index in [0.29, 0.717) is 13.0 Å². The van der Waals surface area contributed by atoms with Crippen molar-refractivity contribution in [2.24, 2.45) is 0 Å². The van der Waals surface area contributed by atoms with E-state index >= 15 is 0 Å². The van der Waals surface area contributed by atoms with Crippen molar-refractivity contribution in [3.63, 3.8) is 0 Å². The lowest BCUT2D eigenvalue weighted by atomic mass is 10.0. The van der Waals surface area contributed by atoms with Crippen LogP contribution in [-0.4, -0.2) is 42.7 Å². The van der Waals surface area contributed by atoms with Crippen LogP contribution in [0.1, 0.15) is 5.56 Å². The Morgan fingerprint density at radius 2 is 2.00 bits per heavy atom.